The van der Waals surface area contributed by atoms with E-state index in [-0.39, 0.29) is 5.91 Å². The van der Waals surface area contributed by atoms with Crippen LogP contribution in [0.15, 0.2) is 0 Å². The van der Waals surface area contributed by atoms with Gasteiger partial charge < -0.3 is 15.4 Å². The summed E-state index contributed by atoms with van der Waals surface area (Å²) in [5.74, 6) is -0.170. The minimum absolute atomic E-state index is 0.170. The van der Waals surface area contributed by atoms with Crippen LogP contribution in [0.1, 0.15) is 22.6 Å². The van der Waals surface area contributed by atoms with Gasteiger partial charge in [-0.3, -0.25) is 4.79 Å². The first-order valence-electron chi connectivity index (χ1n) is 5.06. The van der Waals surface area contributed by atoms with Crippen LogP contribution in [-0.4, -0.2) is 43.4 Å². The number of ether oxygens (including phenoxy) is 1. The molecule has 1 rings (SSSR count). The van der Waals surface area contributed by atoms with Crippen molar-refractivity contribution in [3.63, 3.8) is 0 Å². The van der Waals surface area contributed by atoms with Gasteiger partial charge in [-0.15, -0.1) is 10.2 Å². The average molecular weight is 244 g/mol. The zero-order chi connectivity index (χ0) is 11.8. The molecule has 90 valence electrons. The number of amides is 1. The lowest BCUT2D eigenvalue weighted by Crippen LogP contribution is -2.24. The molecule has 1 amide bonds. The minimum atomic E-state index is -0.170. The van der Waals surface area contributed by atoms with E-state index in [0.717, 1.165) is 19.4 Å². The van der Waals surface area contributed by atoms with Crippen molar-refractivity contribution < 1.29 is 9.53 Å². The molecule has 0 aliphatic heterocycles. The first kappa shape index (κ1) is 12.9. The number of carbonyl (C=O) groups is 1. The largest absolute Gasteiger partial charge is 0.385 e. The molecule has 7 heteroatoms. The molecule has 1 aromatic heterocycles. The van der Waals surface area contributed by atoms with E-state index >= 15 is 0 Å². The van der Waals surface area contributed by atoms with Crippen molar-refractivity contribution in [2.24, 2.45) is 0 Å². The lowest BCUT2D eigenvalue weighted by atomic mass is 10.3. The summed E-state index contributed by atoms with van der Waals surface area (Å²) in [7, 11) is 3.41. The molecule has 0 spiro atoms. The first-order valence-corrected chi connectivity index (χ1v) is 5.88. The Morgan fingerprint density at radius 3 is 2.88 bits per heavy atom. The lowest BCUT2D eigenvalue weighted by Gasteiger charge is -2.01. The van der Waals surface area contributed by atoms with Gasteiger partial charge in [0.1, 0.15) is 0 Å². The van der Waals surface area contributed by atoms with E-state index in [2.05, 4.69) is 20.8 Å². The Hall–Kier alpha value is -1.21. The molecule has 0 aliphatic carbocycles. The topological polar surface area (TPSA) is 76.1 Å². The molecule has 16 heavy (non-hydrogen) atoms. The van der Waals surface area contributed by atoms with Gasteiger partial charge in [0.15, 0.2) is 0 Å². The van der Waals surface area contributed by atoms with Crippen molar-refractivity contribution in [2.75, 3.05) is 32.6 Å². The molecule has 6 nitrogen and oxygen atoms in total. The fourth-order valence-corrected chi connectivity index (χ4v) is 1.68. The Morgan fingerprint density at radius 2 is 2.25 bits per heavy atom. The van der Waals surface area contributed by atoms with Crippen molar-refractivity contribution in [3.05, 3.63) is 5.01 Å². The Bertz CT molecular complexity index is 329. The number of anilines is 1. The molecule has 0 aromatic carbocycles. The van der Waals surface area contributed by atoms with E-state index in [9.17, 15) is 4.79 Å². The Kier molecular flexibility index (Phi) is 5.73. The summed E-state index contributed by atoms with van der Waals surface area (Å²) in [6, 6.07) is 0. The van der Waals surface area contributed by atoms with Crippen LogP contribution in [0.3, 0.4) is 0 Å². The van der Waals surface area contributed by atoms with Crippen molar-refractivity contribution in [3.8, 4) is 0 Å². The maximum atomic E-state index is 11.5. The van der Waals surface area contributed by atoms with E-state index in [1.807, 2.05) is 0 Å². The van der Waals surface area contributed by atoms with Crippen LogP contribution < -0.4 is 10.6 Å². The van der Waals surface area contributed by atoms with E-state index in [4.69, 9.17) is 4.74 Å². The smallest absolute Gasteiger partial charge is 0.282 e. The summed E-state index contributed by atoms with van der Waals surface area (Å²) < 4.78 is 4.91. The molecule has 1 aromatic rings. The van der Waals surface area contributed by atoms with Gasteiger partial charge in [-0.25, -0.2) is 0 Å². The van der Waals surface area contributed by atoms with E-state index in [0.29, 0.717) is 16.7 Å². The highest BCUT2D eigenvalue weighted by Gasteiger charge is 2.10. The van der Waals surface area contributed by atoms with Crippen LogP contribution >= 0.6 is 11.3 Å². The maximum absolute atomic E-state index is 11.5. The molecular weight excluding hydrogens is 228 g/mol. The highest BCUT2D eigenvalue weighted by atomic mass is 32.1. The lowest BCUT2D eigenvalue weighted by molar-refractivity contribution is 0.0950. The summed E-state index contributed by atoms with van der Waals surface area (Å²) in [6.45, 7) is 1.36. The molecule has 0 aliphatic rings. The minimum Gasteiger partial charge on any atom is -0.385 e. The van der Waals surface area contributed by atoms with Crippen LogP contribution in [0.2, 0.25) is 0 Å². The fraction of sp³-hybridized carbons (Fsp3) is 0.667. The van der Waals surface area contributed by atoms with Crippen LogP contribution in [0.5, 0.6) is 0 Å². The zero-order valence-electron chi connectivity index (χ0n) is 9.45. The molecule has 0 fully saturated rings. The zero-order valence-corrected chi connectivity index (χ0v) is 10.3. The summed E-state index contributed by atoms with van der Waals surface area (Å²) >= 11 is 1.24. The molecule has 0 radical (unpaired) electrons. The van der Waals surface area contributed by atoms with E-state index < -0.39 is 0 Å². The number of aromatic nitrogens is 2. The molecule has 0 unspecified atom stereocenters. The molecule has 0 saturated heterocycles. The van der Waals surface area contributed by atoms with Crippen LogP contribution in [0.4, 0.5) is 5.13 Å². The van der Waals surface area contributed by atoms with Gasteiger partial charge in [0.05, 0.1) is 0 Å². The Balaban J connectivity index is 2.24. The van der Waals surface area contributed by atoms with Gasteiger partial charge in [0, 0.05) is 27.3 Å². The summed E-state index contributed by atoms with van der Waals surface area (Å²) in [5, 5.41) is 14.2. The third-order valence-electron chi connectivity index (χ3n) is 1.89. The molecule has 0 saturated carbocycles. The average Bonchev–Trinajstić information content (AvgIpc) is 2.77. The van der Waals surface area contributed by atoms with Gasteiger partial charge in [-0.05, 0) is 12.8 Å². The second-order valence-corrected chi connectivity index (χ2v) is 4.10. The first-order chi connectivity index (χ1) is 7.77. The summed E-state index contributed by atoms with van der Waals surface area (Å²) in [6.07, 6.45) is 1.84. The summed E-state index contributed by atoms with van der Waals surface area (Å²) in [5.41, 5.74) is 0. The molecule has 2 N–H and O–H groups in total. The second kappa shape index (κ2) is 7.13. The quantitative estimate of drug-likeness (QED) is 0.692. The monoisotopic (exact) mass is 244 g/mol. The normalized spacial score (nSPS) is 10.1. The van der Waals surface area contributed by atoms with Gasteiger partial charge >= 0.3 is 0 Å². The predicted molar refractivity (Wildman–Crippen MR) is 62.9 cm³/mol. The predicted octanol–water partition coefficient (Wildman–Crippen LogP) is 0.736. The Labute approximate surface area is 98.4 Å². The van der Waals surface area contributed by atoms with E-state index in [1.165, 1.54) is 11.3 Å². The SMILES string of the molecule is CNc1nnc(C(=O)NCCCCOC)s1. The van der Waals surface area contributed by atoms with Gasteiger partial charge in [-0.1, -0.05) is 11.3 Å². The number of unbranched alkanes of at least 4 members (excludes halogenated alkanes) is 1. The number of nitrogens with zero attached hydrogens (tertiary/aromatic N) is 2. The van der Waals surface area contributed by atoms with Gasteiger partial charge in [-0.2, -0.15) is 0 Å². The number of methoxy groups -OCH3 is 1. The highest BCUT2D eigenvalue weighted by molar-refractivity contribution is 7.17. The van der Waals surface area contributed by atoms with Crippen LogP contribution in [0.25, 0.3) is 0 Å². The molecule has 0 bridgehead atoms. The third kappa shape index (κ3) is 4.11. The van der Waals surface area contributed by atoms with Crippen LogP contribution in [-0.2, 0) is 4.74 Å². The number of hydrogen-bond donors (Lipinski definition) is 2. The number of carbonyl (C=O) groups excluding carboxylic acids is 1. The maximum Gasteiger partial charge on any atom is 0.282 e. The highest BCUT2D eigenvalue weighted by Crippen LogP contribution is 2.13. The number of nitrogens with one attached hydrogen (secondary N) is 2. The molecule has 1 heterocycles. The van der Waals surface area contributed by atoms with Crippen LogP contribution in [0, 0.1) is 0 Å². The van der Waals surface area contributed by atoms with Crippen molar-refractivity contribution >= 4 is 22.4 Å². The fourth-order valence-electron chi connectivity index (χ4n) is 1.06. The standard InChI is InChI=1S/C9H16N4O2S/c1-10-9-13-12-8(16-9)7(14)11-5-3-4-6-15-2/h3-6H2,1-2H3,(H,10,13)(H,11,14). The molecule has 0 atom stereocenters. The van der Waals surface area contributed by atoms with Crippen molar-refractivity contribution in [1.29, 1.82) is 0 Å². The van der Waals surface area contributed by atoms with E-state index in [1.54, 1.807) is 14.2 Å². The molecular formula is C9H16N4O2S. The second-order valence-electron chi connectivity index (χ2n) is 3.12. The Morgan fingerprint density at radius 1 is 1.44 bits per heavy atom. The number of hydrogen-bond acceptors (Lipinski definition) is 6. The third-order valence-corrected chi connectivity index (χ3v) is 2.83. The van der Waals surface area contributed by atoms with Crippen molar-refractivity contribution in [2.45, 2.75) is 12.8 Å². The summed E-state index contributed by atoms with van der Waals surface area (Å²) in [4.78, 5) is 11.5. The van der Waals surface area contributed by atoms with Gasteiger partial charge in [0.2, 0.25) is 10.1 Å². The number of rotatable bonds is 7. The van der Waals surface area contributed by atoms with Gasteiger partial charge in [0.25, 0.3) is 5.91 Å². The van der Waals surface area contributed by atoms with Crippen molar-refractivity contribution in [1.82, 2.24) is 15.5 Å².